The number of aliphatic hydroxyl groups is 1. The molecule has 0 unspecified atom stereocenters. The number of anilines is 2. The second kappa shape index (κ2) is 20.1. The van der Waals surface area contributed by atoms with Gasteiger partial charge in [0.05, 0.1) is 30.2 Å². The van der Waals surface area contributed by atoms with E-state index in [9.17, 15) is 39.5 Å². The van der Waals surface area contributed by atoms with Crippen LogP contribution in [0, 0.1) is 5.92 Å². The molecule has 2 aromatic heterocycles. The Balaban J connectivity index is 0.000000210. The highest BCUT2D eigenvalue weighted by atomic mass is 32.2. The van der Waals surface area contributed by atoms with Crippen molar-refractivity contribution >= 4 is 31.4 Å². The zero-order chi connectivity index (χ0) is 43.6. The van der Waals surface area contributed by atoms with E-state index in [1.54, 1.807) is 103 Å². The second-order valence-electron chi connectivity index (χ2n) is 13.7. The van der Waals surface area contributed by atoms with E-state index < -0.39 is 44.7 Å². The summed E-state index contributed by atoms with van der Waals surface area (Å²) in [4.78, 5) is 2.06. The summed E-state index contributed by atoms with van der Waals surface area (Å²) >= 11 is 0. The first kappa shape index (κ1) is 44.6. The lowest BCUT2D eigenvalue weighted by Gasteiger charge is -2.26. The number of aliphatic hydroxyl groups excluding tert-OH is 1. The molecule has 1 aliphatic rings. The number of aromatic nitrogens is 4. The average molecular weight is 884 g/mol. The van der Waals surface area contributed by atoms with Gasteiger partial charge in [0.15, 0.2) is 0 Å². The fourth-order valence-electron chi connectivity index (χ4n) is 6.29. The molecule has 3 heterocycles. The van der Waals surface area contributed by atoms with E-state index in [4.69, 9.17) is 8.83 Å². The van der Waals surface area contributed by atoms with Crippen molar-refractivity contribution in [2.24, 2.45) is 5.92 Å². The molecule has 0 spiro atoms. The van der Waals surface area contributed by atoms with Gasteiger partial charge in [-0.05, 0) is 78.5 Å². The van der Waals surface area contributed by atoms with Gasteiger partial charge in [0, 0.05) is 36.2 Å². The molecule has 0 bridgehead atoms. The molecule has 1 N–H and O–H groups in total. The van der Waals surface area contributed by atoms with Crippen molar-refractivity contribution in [2.45, 2.75) is 32.4 Å². The van der Waals surface area contributed by atoms with E-state index in [2.05, 4.69) is 31.9 Å². The number of alkyl halides is 4. The summed E-state index contributed by atoms with van der Waals surface area (Å²) in [6, 6.07) is 30.7. The minimum Gasteiger partial charge on any atom is -0.415 e. The number of nitrogens with zero attached hydrogens (tertiary/aromatic N) is 7. The topological polar surface area (TPSA) is 176 Å². The molecule has 0 radical (unpaired) electrons. The molecule has 0 saturated carbocycles. The molecule has 1 fully saturated rings. The van der Waals surface area contributed by atoms with E-state index in [0.717, 1.165) is 18.4 Å². The molecule has 6 aromatic rings. The van der Waals surface area contributed by atoms with E-state index in [1.807, 2.05) is 6.07 Å². The minimum atomic E-state index is -3.71. The summed E-state index contributed by atoms with van der Waals surface area (Å²) in [6.45, 7) is 5.53. The zero-order valence-corrected chi connectivity index (χ0v) is 34.1. The molecule has 1 saturated heterocycles. The van der Waals surface area contributed by atoms with Crippen LogP contribution in [0.5, 0.6) is 0 Å². The summed E-state index contributed by atoms with van der Waals surface area (Å²) < 4.78 is 114. The molecule has 4 aromatic carbocycles. The van der Waals surface area contributed by atoms with E-state index in [1.165, 1.54) is 8.61 Å². The maximum atomic E-state index is 13.3. The molecule has 1 aliphatic heterocycles. The van der Waals surface area contributed by atoms with Crippen LogP contribution in [0.15, 0.2) is 130 Å². The molecule has 322 valence electrons. The molecular formula is C41H41F4N7O7S2. The normalized spacial score (nSPS) is 14.5. The van der Waals surface area contributed by atoms with Crippen LogP contribution in [-0.4, -0.2) is 79.2 Å². The lowest BCUT2D eigenvalue weighted by Crippen LogP contribution is -2.37. The van der Waals surface area contributed by atoms with Crippen molar-refractivity contribution in [3.63, 3.8) is 0 Å². The molecule has 61 heavy (non-hydrogen) atoms. The molecule has 14 nitrogen and oxygen atoms in total. The third-order valence-corrected chi connectivity index (χ3v) is 12.6. The van der Waals surface area contributed by atoms with E-state index in [-0.39, 0.29) is 43.1 Å². The highest BCUT2D eigenvalue weighted by Crippen LogP contribution is 2.28. The maximum absolute atomic E-state index is 13.3. The van der Waals surface area contributed by atoms with Gasteiger partial charge in [-0.3, -0.25) is 8.61 Å². The van der Waals surface area contributed by atoms with Crippen molar-refractivity contribution < 1.29 is 48.3 Å². The van der Waals surface area contributed by atoms with Crippen molar-refractivity contribution in [1.29, 1.82) is 0 Å². The monoisotopic (exact) mass is 883 g/mol. The van der Waals surface area contributed by atoms with Crippen LogP contribution in [0.2, 0.25) is 0 Å². The fraction of sp³-hybridized carbons (Fsp3) is 0.268. The Kier molecular flexibility index (Phi) is 14.7. The van der Waals surface area contributed by atoms with Crippen LogP contribution in [0.4, 0.5) is 28.9 Å². The van der Waals surface area contributed by atoms with Gasteiger partial charge in [-0.15, -0.1) is 20.4 Å². The Morgan fingerprint density at radius 3 is 1.57 bits per heavy atom. The van der Waals surface area contributed by atoms with Crippen LogP contribution < -0.4 is 8.61 Å². The SMILES string of the molecule is C=CS(=O)(=O)N(Cc1ccc(-c2nnc(C(F)F)o2)cc1)c1ccccc1.O=S(=O)(CCN1CC[C@@H](CO)C1)N(Cc1ccc(-c2nnc(C(F)F)o2)cc1)c1ccccc1. The van der Waals surface area contributed by atoms with Crippen molar-refractivity contribution in [3.05, 3.63) is 144 Å². The number of hydrogen-bond donors (Lipinski definition) is 1. The summed E-state index contributed by atoms with van der Waals surface area (Å²) in [7, 11) is -7.36. The Bertz CT molecular complexity index is 2550. The first-order chi connectivity index (χ1) is 29.3. The Labute approximate surface area is 349 Å². The number of hydrogen-bond acceptors (Lipinski definition) is 12. The van der Waals surface area contributed by atoms with E-state index in [0.29, 0.717) is 46.7 Å². The molecule has 7 rings (SSSR count). The van der Waals surface area contributed by atoms with Crippen molar-refractivity contribution in [3.8, 4) is 22.9 Å². The summed E-state index contributed by atoms with van der Waals surface area (Å²) in [5, 5.41) is 24.0. The van der Waals surface area contributed by atoms with Crippen LogP contribution in [-0.2, 0) is 33.1 Å². The lowest BCUT2D eigenvalue weighted by molar-refractivity contribution is 0.115. The lowest BCUT2D eigenvalue weighted by atomic mass is 10.1. The van der Waals surface area contributed by atoms with Gasteiger partial charge in [-0.1, -0.05) is 67.2 Å². The van der Waals surface area contributed by atoms with Crippen LogP contribution in [0.3, 0.4) is 0 Å². The summed E-state index contributed by atoms with van der Waals surface area (Å²) in [6.07, 6.45) is -4.82. The Morgan fingerprint density at radius 2 is 1.16 bits per heavy atom. The summed E-state index contributed by atoms with van der Waals surface area (Å²) in [5.41, 5.74) is 3.37. The van der Waals surface area contributed by atoms with Gasteiger partial charge in [-0.2, -0.15) is 17.6 Å². The van der Waals surface area contributed by atoms with Crippen LogP contribution >= 0.6 is 0 Å². The molecular weight excluding hydrogens is 843 g/mol. The minimum absolute atomic E-state index is 0.0267. The predicted molar refractivity (Wildman–Crippen MR) is 219 cm³/mol. The predicted octanol–water partition coefficient (Wildman–Crippen LogP) is 7.48. The van der Waals surface area contributed by atoms with Gasteiger partial charge < -0.3 is 18.8 Å². The average Bonchev–Trinajstić information content (AvgIpc) is 4.08. The summed E-state index contributed by atoms with van der Waals surface area (Å²) in [5.74, 6) is -1.40. The standard InChI is InChI=1S/C23H26F2N4O4S.C18H15F2N3O3S/c24-21(25)23-27-26-22(33-23)19-8-6-17(7-9-19)15-29(20-4-2-1-3-5-20)34(31,32)13-12-28-11-10-18(14-28)16-30;1-2-27(24,25)23(15-6-4-3-5-7-15)12-13-8-10-14(11-9-13)17-21-22-18(26-17)16(19)20/h1-9,18,21,30H,10-16H2;2-11,16H,1,12H2/t18-;/m1./s1. The highest BCUT2D eigenvalue weighted by Gasteiger charge is 2.28. The molecule has 1 atom stereocenters. The first-order valence-electron chi connectivity index (χ1n) is 18.8. The number of benzene rings is 4. The van der Waals surface area contributed by atoms with Crippen molar-refractivity contribution in [1.82, 2.24) is 25.3 Å². The van der Waals surface area contributed by atoms with Gasteiger partial charge in [0.25, 0.3) is 21.8 Å². The fourth-order valence-corrected chi connectivity index (χ4v) is 8.72. The number of sulfonamides is 2. The second-order valence-corrected chi connectivity index (χ2v) is 17.6. The highest BCUT2D eigenvalue weighted by molar-refractivity contribution is 7.95. The van der Waals surface area contributed by atoms with Gasteiger partial charge in [0.1, 0.15) is 0 Å². The Morgan fingerprint density at radius 1 is 0.705 bits per heavy atom. The Hall–Kier alpha value is -5.96. The van der Waals surface area contributed by atoms with Gasteiger partial charge >= 0.3 is 12.9 Å². The quantitative estimate of drug-likeness (QED) is 0.0896. The van der Waals surface area contributed by atoms with E-state index >= 15 is 0 Å². The molecule has 20 heteroatoms. The number of rotatable bonds is 17. The number of para-hydroxylation sites is 2. The third-order valence-electron chi connectivity index (χ3n) is 9.54. The smallest absolute Gasteiger partial charge is 0.314 e. The number of halogens is 4. The van der Waals surface area contributed by atoms with Gasteiger partial charge in [-0.25, -0.2) is 16.8 Å². The third kappa shape index (κ3) is 11.7. The zero-order valence-electron chi connectivity index (χ0n) is 32.4. The van der Waals surface area contributed by atoms with Gasteiger partial charge in [0.2, 0.25) is 21.8 Å². The number of likely N-dealkylation sites (tertiary alicyclic amines) is 1. The molecule has 0 amide bonds. The van der Waals surface area contributed by atoms with Crippen LogP contribution in [0.25, 0.3) is 22.9 Å². The largest absolute Gasteiger partial charge is 0.415 e. The van der Waals surface area contributed by atoms with Crippen LogP contribution in [0.1, 0.15) is 42.2 Å². The molecule has 0 aliphatic carbocycles. The van der Waals surface area contributed by atoms with Crippen molar-refractivity contribution in [2.75, 3.05) is 40.6 Å². The maximum Gasteiger partial charge on any atom is 0.314 e. The first-order valence-corrected chi connectivity index (χ1v) is 21.9.